The number of hydrogen-bond donors (Lipinski definition) is 0. The molecule has 0 N–H and O–H groups in total. The van der Waals surface area contributed by atoms with Crippen LogP contribution in [-0.4, -0.2) is 63.3 Å². The molecule has 3 heterocycles. The molecule has 0 aliphatic carbocycles. The summed E-state index contributed by atoms with van der Waals surface area (Å²) in [5.41, 5.74) is 3.35. The SMILES string of the molecule is CC.CN1CCN(c2cccc(-c3cn(Cc4ccc(-c5nnc(C(F)F)o5)cc4F)nn3)c2)CC1. The van der Waals surface area contributed by atoms with E-state index in [0.29, 0.717) is 11.3 Å². The molecule has 0 spiro atoms. The van der Waals surface area contributed by atoms with Crippen molar-refractivity contribution in [1.29, 1.82) is 0 Å². The van der Waals surface area contributed by atoms with Crippen LogP contribution in [0.1, 0.15) is 31.7 Å². The maximum absolute atomic E-state index is 14.7. The summed E-state index contributed by atoms with van der Waals surface area (Å²) in [6, 6.07) is 12.4. The second-order valence-electron chi connectivity index (χ2n) is 8.19. The molecule has 8 nitrogen and oxygen atoms in total. The molecular weight excluding hydrogens is 471 g/mol. The van der Waals surface area contributed by atoms with Crippen molar-refractivity contribution in [3.8, 4) is 22.7 Å². The van der Waals surface area contributed by atoms with Crippen LogP contribution in [-0.2, 0) is 6.54 Å². The number of likely N-dealkylation sites (N-methyl/N-ethyl adjacent to an activating group) is 1. The van der Waals surface area contributed by atoms with Crippen molar-refractivity contribution in [3.63, 3.8) is 0 Å². The zero-order valence-corrected chi connectivity index (χ0v) is 20.4. The lowest BCUT2D eigenvalue weighted by atomic mass is 10.1. The molecule has 4 aromatic rings. The molecule has 11 heteroatoms. The van der Waals surface area contributed by atoms with Crippen molar-refractivity contribution in [2.45, 2.75) is 26.8 Å². The number of nitrogens with zero attached hydrogens (tertiary/aromatic N) is 7. The smallest absolute Gasteiger partial charge is 0.314 e. The Balaban J connectivity index is 0.00000148. The summed E-state index contributed by atoms with van der Waals surface area (Å²) in [6.45, 7) is 8.13. The second-order valence-corrected chi connectivity index (χ2v) is 8.19. The summed E-state index contributed by atoms with van der Waals surface area (Å²) >= 11 is 0. The number of piperazine rings is 1. The molecule has 1 aliphatic rings. The first-order valence-electron chi connectivity index (χ1n) is 11.8. The molecule has 0 saturated carbocycles. The van der Waals surface area contributed by atoms with E-state index in [9.17, 15) is 13.2 Å². The number of halogens is 3. The van der Waals surface area contributed by atoms with Gasteiger partial charge in [0.25, 0.3) is 5.89 Å². The Bertz CT molecular complexity index is 1280. The van der Waals surface area contributed by atoms with Gasteiger partial charge in [-0.25, -0.2) is 9.07 Å². The zero-order chi connectivity index (χ0) is 25.7. The fraction of sp³-hybridized carbons (Fsp3) is 0.360. The first-order valence-corrected chi connectivity index (χ1v) is 11.8. The highest BCUT2D eigenvalue weighted by molar-refractivity contribution is 5.65. The molecule has 1 fully saturated rings. The summed E-state index contributed by atoms with van der Waals surface area (Å²) in [5, 5.41) is 15.2. The van der Waals surface area contributed by atoms with E-state index in [-0.39, 0.29) is 18.0 Å². The van der Waals surface area contributed by atoms with Gasteiger partial charge < -0.3 is 14.2 Å². The maximum Gasteiger partial charge on any atom is 0.314 e. The van der Waals surface area contributed by atoms with E-state index >= 15 is 0 Å². The minimum atomic E-state index is -2.88. The number of anilines is 1. The first kappa shape index (κ1) is 25.4. The van der Waals surface area contributed by atoms with Gasteiger partial charge in [-0.3, -0.25) is 0 Å². The molecule has 1 saturated heterocycles. The van der Waals surface area contributed by atoms with E-state index in [4.69, 9.17) is 4.42 Å². The van der Waals surface area contributed by atoms with E-state index in [2.05, 4.69) is 49.5 Å². The molecule has 0 unspecified atom stereocenters. The summed E-state index contributed by atoms with van der Waals surface area (Å²) in [6.07, 6.45) is -1.11. The Morgan fingerprint density at radius 2 is 1.72 bits per heavy atom. The molecule has 0 radical (unpaired) electrons. The van der Waals surface area contributed by atoms with Crippen molar-refractivity contribution in [2.24, 2.45) is 0 Å². The zero-order valence-electron chi connectivity index (χ0n) is 20.4. The Morgan fingerprint density at radius 1 is 0.944 bits per heavy atom. The van der Waals surface area contributed by atoms with Gasteiger partial charge in [-0.05, 0) is 31.3 Å². The summed E-state index contributed by atoms with van der Waals surface area (Å²) in [7, 11) is 2.12. The number of benzene rings is 2. The minimum absolute atomic E-state index is 0.156. The molecule has 2 aromatic heterocycles. The molecule has 190 valence electrons. The number of hydrogen-bond acceptors (Lipinski definition) is 7. The van der Waals surface area contributed by atoms with Gasteiger partial charge in [0.05, 0.1) is 12.7 Å². The molecule has 5 rings (SSSR count). The molecule has 1 aliphatic heterocycles. The van der Waals surface area contributed by atoms with Crippen LogP contribution in [0.2, 0.25) is 0 Å². The highest BCUT2D eigenvalue weighted by Crippen LogP contribution is 2.26. The van der Waals surface area contributed by atoms with Crippen LogP contribution < -0.4 is 4.90 Å². The second kappa shape index (κ2) is 11.3. The van der Waals surface area contributed by atoms with Crippen molar-refractivity contribution in [3.05, 3.63) is 65.9 Å². The van der Waals surface area contributed by atoms with Crippen LogP contribution >= 0.6 is 0 Å². The van der Waals surface area contributed by atoms with Gasteiger partial charge in [0.15, 0.2) is 0 Å². The van der Waals surface area contributed by atoms with E-state index in [1.54, 1.807) is 16.9 Å². The van der Waals surface area contributed by atoms with Crippen LogP contribution in [0.15, 0.2) is 53.1 Å². The van der Waals surface area contributed by atoms with E-state index in [0.717, 1.165) is 37.4 Å². The summed E-state index contributed by atoms with van der Waals surface area (Å²) in [4.78, 5) is 4.65. The maximum atomic E-state index is 14.7. The number of aromatic nitrogens is 5. The third-order valence-electron chi connectivity index (χ3n) is 5.81. The van der Waals surface area contributed by atoms with Crippen molar-refractivity contribution in [1.82, 2.24) is 30.1 Å². The average molecular weight is 500 g/mol. The number of rotatable bonds is 6. The standard InChI is InChI=1S/C23H22F3N7O.C2H6/c1-31-7-9-32(10-8-31)18-4-2-3-15(11-18)20-14-33(30-27-20)13-17-6-5-16(12-19(17)24)22-28-29-23(34-22)21(25)26;1-2/h2-6,11-12,14,21H,7-10,13H2,1H3;1-2H3. The molecular formula is C25H28F3N7O. The van der Waals surface area contributed by atoms with Crippen molar-refractivity contribution >= 4 is 5.69 Å². The van der Waals surface area contributed by atoms with Gasteiger partial charge in [0.1, 0.15) is 11.5 Å². The lowest BCUT2D eigenvalue weighted by Crippen LogP contribution is -2.44. The third kappa shape index (κ3) is 5.73. The van der Waals surface area contributed by atoms with Gasteiger partial charge in [-0.1, -0.05) is 37.3 Å². The predicted molar refractivity (Wildman–Crippen MR) is 130 cm³/mol. The molecule has 0 bridgehead atoms. The monoisotopic (exact) mass is 499 g/mol. The Hall–Kier alpha value is -3.73. The van der Waals surface area contributed by atoms with Gasteiger partial charge >= 0.3 is 6.43 Å². The average Bonchev–Trinajstić information content (AvgIpc) is 3.58. The van der Waals surface area contributed by atoms with Crippen LogP contribution in [0.25, 0.3) is 22.7 Å². The van der Waals surface area contributed by atoms with Gasteiger partial charge in [0.2, 0.25) is 5.89 Å². The van der Waals surface area contributed by atoms with Gasteiger partial charge in [0, 0.05) is 48.6 Å². The molecule has 36 heavy (non-hydrogen) atoms. The Labute approximate surface area is 207 Å². The summed E-state index contributed by atoms with van der Waals surface area (Å²) in [5.74, 6) is -1.50. The van der Waals surface area contributed by atoms with Crippen LogP contribution in [0.4, 0.5) is 18.9 Å². The van der Waals surface area contributed by atoms with Crippen molar-refractivity contribution < 1.29 is 17.6 Å². The van der Waals surface area contributed by atoms with Crippen LogP contribution in [0.5, 0.6) is 0 Å². The highest BCUT2D eigenvalue weighted by atomic mass is 19.3. The fourth-order valence-corrected chi connectivity index (χ4v) is 3.86. The fourth-order valence-electron chi connectivity index (χ4n) is 3.86. The van der Waals surface area contributed by atoms with Gasteiger partial charge in [-0.2, -0.15) is 8.78 Å². The quantitative estimate of drug-likeness (QED) is 0.374. The van der Waals surface area contributed by atoms with E-state index < -0.39 is 18.1 Å². The molecule has 0 atom stereocenters. The predicted octanol–water partition coefficient (Wildman–Crippen LogP) is 4.90. The minimum Gasteiger partial charge on any atom is -0.415 e. The normalized spacial score (nSPS) is 14.1. The highest BCUT2D eigenvalue weighted by Gasteiger charge is 2.18. The Morgan fingerprint density at radius 3 is 2.42 bits per heavy atom. The topological polar surface area (TPSA) is 76.1 Å². The summed E-state index contributed by atoms with van der Waals surface area (Å²) < 4.78 is 46.4. The van der Waals surface area contributed by atoms with Crippen LogP contribution in [0, 0.1) is 5.82 Å². The Kier molecular flexibility index (Phi) is 7.99. The van der Waals surface area contributed by atoms with E-state index in [1.165, 1.54) is 12.1 Å². The lowest BCUT2D eigenvalue weighted by molar-refractivity contribution is 0.116. The van der Waals surface area contributed by atoms with Crippen LogP contribution in [0.3, 0.4) is 0 Å². The first-order chi connectivity index (χ1) is 17.5. The largest absolute Gasteiger partial charge is 0.415 e. The third-order valence-corrected chi connectivity index (χ3v) is 5.81. The van der Waals surface area contributed by atoms with Gasteiger partial charge in [-0.15, -0.1) is 15.3 Å². The lowest BCUT2D eigenvalue weighted by Gasteiger charge is -2.34. The number of alkyl halides is 2. The van der Waals surface area contributed by atoms with Crippen molar-refractivity contribution in [2.75, 3.05) is 38.1 Å². The van der Waals surface area contributed by atoms with E-state index in [1.807, 2.05) is 26.0 Å². The molecule has 0 amide bonds. The molecule has 2 aromatic carbocycles.